The standard InChI is InChI=1S/C15H14ClN3S2/c1-9-6-7-21-14(9)13-8-12(18-19(13)15(17)20)10-2-4-11(16)5-3-10/h2-7,13H,8H2,1H3,(H2,17,20). The summed E-state index contributed by atoms with van der Waals surface area (Å²) < 4.78 is 0. The molecule has 1 aliphatic rings. The number of halogens is 1. The molecule has 0 radical (unpaired) electrons. The minimum Gasteiger partial charge on any atom is -0.375 e. The first-order valence-electron chi connectivity index (χ1n) is 6.52. The predicted octanol–water partition coefficient (Wildman–Crippen LogP) is 4.10. The summed E-state index contributed by atoms with van der Waals surface area (Å²) in [6.45, 7) is 2.10. The Morgan fingerprint density at radius 3 is 2.67 bits per heavy atom. The molecule has 0 fully saturated rings. The van der Waals surface area contributed by atoms with E-state index in [1.807, 2.05) is 24.3 Å². The molecule has 1 unspecified atom stereocenters. The monoisotopic (exact) mass is 335 g/mol. The van der Waals surface area contributed by atoms with Gasteiger partial charge in [-0.1, -0.05) is 23.7 Å². The molecule has 6 heteroatoms. The van der Waals surface area contributed by atoms with E-state index in [1.165, 1.54) is 10.4 Å². The predicted molar refractivity (Wildman–Crippen MR) is 93.0 cm³/mol. The van der Waals surface area contributed by atoms with Crippen molar-refractivity contribution in [2.75, 3.05) is 0 Å². The van der Waals surface area contributed by atoms with E-state index in [0.29, 0.717) is 10.1 Å². The summed E-state index contributed by atoms with van der Waals surface area (Å²) in [7, 11) is 0. The number of thiophene rings is 1. The molecular weight excluding hydrogens is 322 g/mol. The average molecular weight is 336 g/mol. The Hall–Kier alpha value is -1.43. The number of aryl methyl sites for hydroxylation is 1. The molecule has 1 atom stereocenters. The van der Waals surface area contributed by atoms with Crippen molar-refractivity contribution in [2.45, 2.75) is 19.4 Å². The molecule has 0 amide bonds. The highest BCUT2D eigenvalue weighted by molar-refractivity contribution is 7.80. The number of hydrazone groups is 1. The van der Waals surface area contributed by atoms with Crippen LogP contribution < -0.4 is 5.73 Å². The molecule has 1 aromatic carbocycles. The van der Waals surface area contributed by atoms with E-state index in [-0.39, 0.29) is 6.04 Å². The van der Waals surface area contributed by atoms with Gasteiger partial charge in [0.25, 0.3) is 0 Å². The van der Waals surface area contributed by atoms with Crippen molar-refractivity contribution in [1.29, 1.82) is 0 Å². The normalized spacial score (nSPS) is 17.9. The van der Waals surface area contributed by atoms with Gasteiger partial charge in [-0.3, -0.25) is 0 Å². The molecule has 0 spiro atoms. The van der Waals surface area contributed by atoms with Crippen molar-refractivity contribution in [3.05, 3.63) is 56.7 Å². The van der Waals surface area contributed by atoms with Gasteiger partial charge < -0.3 is 5.73 Å². The summed E-state index contributed by atoms with van der Waals surface area (Å²) in [6, 6.07) is 9.89. The van der Waals surface area contributed by atoms with Gasteiger partial charge in [0.1, 0.15) is 0 Å². The fourth-order valence-electron chi connectivity index (χ4n) is 2.46. The van der Waals surface area contributed by atoms with Gasteiger partial charge in [-0.15, -0.1) is 11.3 Å². The van der Waals surface area contributed by atoms with Crippen LogP contribution in [0.4, 0.5) is 0 Å². The summed E-state index contributed by atoms with van der Waals surface area (Å²) in [5.41, 5.74) is 9.13. The zero-order valence-corrected chi connectivity index (χ0v) is 13.8. The van der Waals surface area contributed by atoms with E-state index in [9.17, 15) is 0 Å². The van der Waals surface area contributed by atoms with Gasteiger partial charge >= 0.3 is 0 Å². The van der Waals surface area contributed by atoms with Gasteiger partial charge in [-0.25, -0.2) is 5.01 Å². The molecule has 3 rings (SSSR count). The first-order chi connectivity index (χ1) is 10.1. The van der Waals surface area contributed by atoms with Crippen LogP contribution in [0.25, 0.3) is 0 Å². The molecule has 21 heavy (non-hydrogen) atoms. The van der Waals surface area contributed by atoms with Crippen LogP contribution in [-0.2, 0) is 0 Å². The van der Waals surface area contributed by atoms with Crippen molar-refractivity contribution < 1.29 is 0 Å². The quantitative estimate of drug-likeness (QED) is 0.840. The van der Waals surface area contributed by atoms with Gasteiger partial charge in [0.15, 0.2) is 5.11 Å². The van der Waals surface area contributed by atoms with Crippen LogP contribution in [0.3, 0.4) is 0 Å². The van der Waals surface area contributed by atoms with E-state index in [0.717, 1.165) is 17.7 Å². The van der Waals surface area contributed by atoms with Crippen LogP contribution in [-0.4, -0.2) is 15.8 Å². The first kappa shape index (κ1) is 14.5. The lowest BCUT2D eigenvalue weighted by molar-refractivity contribution is 0.377. The smallest absolute Gasteiger partial charge is 0.187 e. The molecule has 3 nitrogen and oxygen atoms in total. The molecule has 0 saturated carbocycles. The van der Waals surface area contributed by atoms with Crippen molar-refractivity contribution >= 4 is 46.0 Å². The van der Waals surface area contributed by atoms with E-state index < -0.39 is 0 Å². The third-order valence-electron chi connectivity index (χ3n) is 3.52. The fraction of sp³-hybridized carbons (Fsp3) is 0.200. The molecule has 0 aliphatic carbocycles. The number of nitrogens with two attached hydrogens (primary N) is 1. The van der Waals surface area contributed by atoms with Gasteiger partial charge in [-0.2, -0.15) is 5.10 Å². The van der Waals surface area contributed by atoms with Gasteiger partial charge in [0, 0.05) is 16.3 Å². The first-order valence-corrected chi connectivity index (χ1v) is 8.19. The Balaban J connectivity index is 1.95. The summed E-state index contributed by atoms with van der Waals surface area (Å²) >= 11 is 12.8. The fourth-order valence-corrected chi connectivity index (χ4v) is 3.77. The number of hydrogen-bond donors (Lipinski definition) is 1. The van der Waals surface area contributed by atoms with E-state index in [4.69, 9.17) is 29.6 Å². The molecule has 1 aliphatic heterocycles. The van der Waals surface area contributed by atoms with Gasteiger partial charge in [0.2, 0.25) is 0 Å². The summed E-state index contributed by atoms with van der Waals surface area (Å²) in [6.07, 6.45) is 0.792. The summed E-state index contributed by atoms with van der Waals surface area (Å²) in [4.78, 5) is 1.26. The van der Waals surface area contributed by atoms with E-state index in [1.54, 1.807) is 16.3 Å². The highest BCUT2D eigenvalue weighted by atomic mass is 35.5. The molecule has 0 saturated heterocycles. The Labute approximate surface area is 138 Å². The maximum Gasteiger partial charge on any atom is 0.187 e. The SMILES string of the molecule is Cc1ccsc1C1CC(c2ccc(Cl)cc2)=NN1C(N)=S. The second kappa shape index (κ2) is 5.75. The maximum atomic E-state index is 5.94. The van der Waals surface area contributed by atoms with Gasteiger partial charge in [0.05, 0.1) is 11.8 Å². The molecule has 0 bridgehead atoms. The molecule has 108 valence electrons. The van der Waals surface area contributed by atoms with Crippen LogP contribution >= 0.6 is 35.2 Å². The largest absolute Gasteiger partial charge is 0.375 e. The van der Waals surface area contributed by atoms with E-state index >= 15 is 0 Å². The van der Waals surface area contributed by atoms with Crippen LogP contribution in [0.5, 0.6) is 0 Å². The second-order valence-corrected chi connectivity index (χ2v) is 6.73. The maximum absolute atomic E-state index is 5.94. The van der Waals surface area contributed by atoms with E-state index in [2.05, 4.69) is 23.5 Å². The lowest BCUT2D eigenvalue weighted by Crippen LogP contribution is -2.31. The van der Waals surface area contributed by atoms with Crippen molar-refractivity contribution in [2.24, 2.45) is 10.8 Å². The minimum absolute atomic E-state index is 0.0909. The molecule has 1 aromatic heterocycles. The minimum atomic E-state index is 0.0909. The van der Waals surface area contributed by atoms with Crippen molar-refractivity contribution in [3.63, 3.8) is 0 Å². The zero-order chi connectivity index (χ0) is 15.0. The second-order valence-electron chi connectivity index (χ2n) is 4.92. The molecular formula is C15H14ClN3S2. The highest BCUT2D eigenvalue weighted by Crippen LogP contribution is 2.37. The third kappa shape index (κ3) is 2.81. The molecule has 2 aromatic rings. The van der Waals surface area contributed by atoms with Crippen LogP contribution in [0.15, 0.2) is 40.8 Å². The number of nitrogens with zero attached hydrogens (tertiary/aromatic N) is 2. The molecule has 2 N–H and O–H groups in total. The zero-order valence-electron chi connectivity index (χ0n) is 11.4. The Morgan fingerprint density at radius 2 is 2.10 bits per heavy atom. The van der Waals surface area contributed by atoms with Crippen LogP contribution in [0.1, 0.15) is 28.5 Å². The Bertz CT molecular complexity index is 706. The number of hydrogen-bond acceptors (Lipinski definition) is 3. The third-order valence-corrected chi connectivity index (χ3v) is 5.08. The average Bonchev–Trinajstić information content (AvgIpc) is 3.05. The topological polar surface area (TPSA) is 41.6 Å². The lowest BCUT2D eigenvalue weighted by Gasteiger charge is -2.21. The summed E-state index contributed by atoms with van der Waals surface area (Å²) in [5.74, 6) is 0. The lowest BCUT2D eigenvalue weighted by atomic mass is 10.0. The number of benzene rings is 1. The van der Waals surface area contributed by atoms with Crippen molar-refractivity contribution in [3.8, 4) is 0 Å². The number of thiocarbonyl (C=S) groups is 1. The Morgan fingerprint density at radius 1 is 1.38 bits per heavy atom. The number of rotatable bonds is 2. The highest BCUT2D eigenvalue weighted by Gasteiger charge is 2.32. The van der Waals surface area contributed by atoms with Gasteiger partial charge in [-0.05, 0) is 53.8 Å². The van der Waals surface area contributed by atoms with Crippen LogP contribution in [0.2, 0.25) is 5.02 Å². The molecule has 2 heterocycles. The van der Waals surface area contributed by atoms with Crippen LogP contribution in [0, 0.1) is 6.92 Å². The van der Waals surface area contributed by atoms with Crippen molar-refractivity contribution in [1.82, 2.24) is 5.01 Å². The Kier molecular flexibility index (Phi) is 3.97. The summed E-state index contributed by atoms with van der Waals surface area (Å²) in [5, 5.41) is 9.47.